The van der Waals surface area contributed by atoms with Crippen LogP contribution in [0.4, 0.5) is 5.82 Å². The highest BCUT2D eigenvalue weighted by Gasteiger charge is 2.20. The van der Waals surface area contributed by atoms with Crippen molar-refractivity contribution in [3.63, 3.8) is 0 Å². The van der Waals surface area contributed by atoms with Gasteiger partial charge < -0.3 is 15.0 Å². The van der Waals surface area contributed by atoms with Crippen LogP contribution in [-0.2, 0) is 18.3 Å². The maximum atomic E-state index is 5.26. The van der Waals surface area contributed by atoms with E-state index in [1.54, 1.807) is 7.11 Å². The molecular formula is C15H30N4O. The number of nitrogens with zero attached hydrogens (tertiary/aromatic N) is 3. The SMILES string of the molecule is COCC(C)N(C)c1c(CNCC(C)C)c(C)nn1C. The van der Waals surface area contributed by atoms with Crippen LogP contribution in [0.5, 0.6) is 0 Å². The molecule has 5 nitrogen and oxygen atoms in total. The van der Waals surface area contributed by atoms with Gasteiger partial charge in [0.2, 0.25) is 0 Å². The van der Waals surface area contributed by atoms with Crippen molar-refractivity contribution in [1.29, 1.82) is 0 Å². The molecule has 20 heavy (non-hydrogen) atoms. The molecule has 0 aromatic carbocycles. The Morgan fingerprint density at radius 1 is 1.35 bits per heavy atom. The van der Waals surface area contributed by atoms with E-state index in [9.17, 15) is 0 Å². The zero-order chi connectivity index (χ0) is 15.3. The van der Waals surface area contributed by atoms with Crippen LogP contribution in [0.2, 0.25) is 0 Å². The van der Waals surface area contributed by atoms with Gasteiger partial charge in [-0.05, 0) is 26.3 Å². The Labute approximate surface area is 123 Å². The van der Waals surface area contributed by atoms with Crippen molar-refractivity contribution in [2.75, 3.05) is 32.2 Å². The van der Waals surface area contributed by atoms with Gasteiger partial charge in [0.1, 0.15) is 5.82 Å². The average Bonchev–Trinajstić information content (AvgIpc) is 2.63. The summed E-state index contributed by atoms with van der Waals surface area (Å²) in [5.74, 6) is 1.82. The summed E-state index contributed by atoms with van der Waals surface area (Å²) in [7, 11) is 5.85. The minimum atomic E-state index is 0.318. The number of hydrogen-bond donors (Lipinski definition) is 1. The Bertz CT molecular complexity index is 414. The maximum absolute atomic E-state index is 5.26. The van der Waals surface area contributed by atoms with E-state index in [1.165, 1.54) is 11.4 Å². The molecule has 0 bridgehead atoms. The molecule has 0 aliphatic rings. The van der Waals surface area contributed by atoms with Crippen molar-refractivity contribution in [2.45, 2.75) is 40.3 Å². The van der Waals surface area contributed by atoms with E-state index < -0.39 is 0 Å². The Morgan fingerprint density at radius 3 is 2.55 bits per heavy atom. The van der Waals surface area contributed by atoms with Gasteiger partial charge in [-0.15, -0.1) is 0 Å². The number of rotatable bonds is 8. The molecule has 1 heterocycles. The molecule has 0 radical (unpaired) electrons. The molecule has 0 amide bonds. The van der Waals surface area contributed by atoms with Gasteiger partial charge in [0.05, 0.1) is 18.3 Å². The van der Waals surface area contributed by atoms with E-state index in [0.717, 1.165) is 18.8 Å². The number of anilines is 1. The van der Waals surface area contributed by atoms with Crippen LogP contribution in [0.3, 0.4) is 0 Å². The molecule has 0 aliphatic heterocycles. The Hall–Kier alpha value is -1.07. The standard InChI is InChI=1S/C15H30N4O/c1-11(2)8-16-9-14-13(4)17-19(6)15(14)18(5)12(3)10-20-7/h11-12,16H,8-10H2,1-7H3. The molecule has 5 heteroatoms. The highest BCUT2D eigenvalue weighted by molar-refractivity contribution is 5.50. The fourth-order valence-electron chi connectivity index (χ4n) is 2.39. The molecule has 1 unspecified atom stereocenters. The number of aromatic nitrogens is 2. The second kappa shape index (κ2) is 7.64. The molecule has 116 valence electrons. The lowest BCUT2D eigenvalue weighted by molar-refractivity contribution is 0.183. The van der Waals surface area contributed by atoms with E-state index in [1.807, 2.05) is 11.7 Å². The van der Waals surface area contributed by atoms with Crippen molar-refractivity contribution in [1.82, 2.24) is 15.1 Å². The van der Waals surface area contributed by atoms with Gasteiger partial charge >= 0.3 is 0 Å². The fraction of sp³-hybridized carbons (Fsp3) is 0.800. The first-order valence-electron chi connectivity index (χ1n) is 7.33. The highest BCUT2D eigenvalue weighted by Crippen LogP contribution is 2.23. The number of ether oxygens (including phenoxy) is 1. The molecule has 1 aromatic heterocycles. The largest absolute Gasteiger partial charge is 0.383 e. The third kappa shape index (κ3) is 4.21. The third-order valence-electron chi connectivity index (χ3n) is 3.57. The third-order valence-corrected chi connectivity index (χ3v) is 3.57. The lowest BCUT2D eigenvalue weighted by atomic mass is 10.2. The first-order chi connectivity index (χ1) is 9.38. The van der Waals surface area contributed by atoms with Gasteiger partial charge in [0.15, 0.2) is 0 Å². The van der Waals surface area contributed by atoms with E-state index >= 15 is 0 Å². The molecule has 0 aliphatic carbocycles. The van der Waals surface area contributed by atoms with Gasteiger partial charge in [-0.2, -0.15) is 5.10 Å². The monoisotopic (exact) mass is 282 g/mol. The second-order valence-corrected chi connectivity index (χ2v) is 5.95. The van der Waals surface area contributed by atoms with Crippen LogP contribution in [0, 0.1) is 12.8 Å². The van der Waals surface area contributed by atoms with Gasteiger partial charge in [0, 0.05) is 33.3 Å². The van der Waals surface area contributed by atoms with E-state index in [-0.39, 0.29) is 0 Å². The summed E-state index contributed by atoms with van der Waals surface area (Å²) in [6, 6.07) is 0.318. The van der Waals surface area contributed by atoms with Crippen LogP contribution < -0.4 is 10.2 Å². The van der Waals surface area contributed by atoms with Crippen molar-refractivity contribution < 1.29 is 4.74 Å². The first-order valence-corrected chi connectivity index (χ1v) is 7.33. The average molecular weight is 282 g/mol. The summed E-state index contributed by atoms with van der Waals surface area (Å²) >= 11 is 0. The minimum absolute atomic E-state index is 0.318. The Balaban J connectivity index is 2.88. The normalized spacial score (nSPS) is 13.0. The Morgan fingerprint density at radius 2 is 2.00 bits per heavy atom. The van der Waals surface area contributed by atoms with Crippen LogP contribution in [0.1, 0.15) is 32.0 Å². The molecule has 1 atom stereocenters. The van der Waals surface area contributed by atoms with Crippen LogP contribution in [0.25, 0.3) is 0 Å². The van der Waals surface area contributed by atoms with Crippen LogP contribution >= 0.6 is 0 Å². The summed E-state index contributed by atoms with van der Waals surface area (Å²) < 4.78 is 7.22. The highest BCUT2D eigenvalue weighted by atomic mass is 16.5. The maximum Gasteiger partial charge on any atom is 0.131 e. The predicted molar refractivity (Wildman–Crippen MR) is 84.2 cm³/mol. The van der Waals surface area contributed by atoms with Crippen LogP contribution in [0.15, 0.2) is 0 Å². The van der Waals surface area contributed by atoms with Crippen molar-refractivity contribution in [3.05, 3.63) is 11.3 Å². The lowest BCUT2D eigenvalue weighted by Crippen LogP contribution is -2.35. The topological polar surface area (TPSA) is 42.3 Å². The van der Waals surface area contributed by atoms with Gasteiger partial charge in [0.25, 0.3) is 0 Å². The predicted octanol–water partition coefficient (Wildman–Crippen LogP) is 1.95. The summed E-state index contributed by atoms with van der Waals surface area (Å²) in [5, 5.41) is 8.08. The minimum Gasteiger partial charge on any atom is -0.383 e. The van der Waals surface area contributed by atoms with Crippen molar-refractivity contribution >= 4 is 5.82 Å². The van der Waals surface area contributed by atoms with E-state index in [4.69, 9.17) is 4.74 Å². The first kappa shape index (κ1) is 17.0. The second-order valence-electron chi connectivity index (χ2n) is 5.95. The number of aryl methyl sites for hydroxylation is 2. The smallest absolute Gasteiger partial charge is 0.131 e. The molecular weight excluding hydrogens is 252 g/mol. The molecule has 0 spiro atoms. The quantitative estimate of drug-likeness (QED) is 0.791. The summed E-state index contributed by atoms with van der Waals surface area (Å²) in [4.78, 5) is 2.25. The molecule has 0 fully saturated rings. The zero-order valence-electron chi connectivity index (χ0n) is 14.0. The number of hydrogen-bond acceptors (Lipinski definition) is 4. The summed E-state index contributed by atoms with van der Waals surface area (Å²) in [6.07, 6.45) is 0. The van der Waals surface area contributed by atoms with Gasteiger partial charge in [-0.25, -0.2) is 0 Å². The number of likely N-dealkylation sites (N-methyl/N-ethyl adjacent to an activating group) is 1. The van der Waals surface area contributed by atoms with Gasteiger partial charge in [-0.3, -0.25) is 4.68 Å². The van der Waals surface area contributed by atoms with Crippen molar-refractivity contribution in [2.24, 2.45) is 13.0 Å². The Kier molecular flexibility index (Phi) is 6.49. The van der Waals surface area contributed by atoms with Gasteiger partial charge in [-0.1, -0.05) is 13.8 Å². The fourth-order valence-corrected chi connectivity index (χ4v) is 2.39. The number of methoxy groups -OCH3 is 1. The molecule has 1 N–H and O–H groups in total. The molecule has 1 rings (SSSR count). The number of nitrogens with one attached hydrogen (secondary N) is 1. The van der Waals surface area contributed by atoms with E-state index in [2.05, 4.69) is 50.1 Å². The molecule has 1 aromatic rings. The van der Waals surface area contributed by atoms with E-state index in [0.29, 0.717) is 18.6 Å². The molecule has 0 saturated carbocycles. The zero-order valence-corrected chi connectivity index (χ0v) is 14.0. The molecule has 0 saturated heterocycles. The lowest BCUT2D eigenvalue weighted by Gasteiger charge is -2.27. The summed E-state index contributed by atoms with van der Waals surface area (Å²) in [5.41, 5.74) is 2.37. The van der Waals surface area contributed by atoms with Crippen LogP contribution in [-0.4, -0.2) is 43.1 Å². The van der Waals surface area contributed by atoms with Crippen molar-refractivity contribution in [3.8, 4) is 0 Å². The summed E-state index contributed by atoms with van der Waals surface area (Å²) in [6.45, 7) is 11.3.